The van der Waals surface area contributed by atoms with Gasteiger partial charge in [0.2, 0.25) is 21.8 Å². The number of sulfonamides is 1. The van der Waals surface area contributed by atoms with Gasteiger partial charge >= 0.3 is 0 Å². The summed E-state index contributed by atoms with van der Waals surface area (Å²) < 4.78 is 26.5. The van der Waals surface area contributed by atoms with Crippen molar-refractivity contribution in [2.75, 3.05) is 17.1 Å². The van der Waals surface area contributed by atoms with E-state index in [9.17, 15) is 18.0 Å². The van der Waals surface area contributed by atoms with Crippen LogP contribution < -0.4 is 9.62 Å². The molecule has 7 nitrogen and oxygen atoms in total. The Bertz CT molecular complexity index is 1160. The van der Waals surface area contributed by atoms with Crippen molar-refractivity contribution in [1.82, 2.24) is 10.2 Å². The van der Waals surface area contributed by atoms with Crippen LogP contribution in [-0.4, -0.2) is 49.5 Å². The first-order chi connectivity index (χ1) is 16.1. The van der Waals surface area contributed by atoms with Crippen molar-refractivity contribution in [1.29, 1.82) is 0 Å². The normalized spacial score (nSPS) is 12.7. The third kappa shape index (κ3) is 8.25. The van der Waals surface area contributed by atoms with E-state index in [1.807, 2.05) is 58.9 Å². The lowest BCUT2D eigenvalue weighted by molar-refractivity contribution is -0.141. The monoisotopic (exact) mass is 521 g/mol. The quantitative estimate of drug-likeness (QED) is 0.528. The molecule has 0 bridgehead atoms. The zero-order valence-electron chi connectivity index (χ0n) is 21.6. The van der Waals surface area contributed by atoms with Gasteiger partial charge in [0, 0.05) is 17.1 Å². The number of nitrogens with one attached hydrogen (secondary N) is 1. The summed E-state index contributed by atoms with van der Waals surface area (Å²) in [6.45, 7) is 10.9. The molecule has 0 aliphatic rings. The van der Waals surface area contributed by atoms with Crippen LogP contribution in [0.1, 0.15) is 50.8 Å². The van der Waals surface area contributed by atoms with Crippen molar-refractivity contribution in [3.63, 3.8) is 0 Å². The second-order valence-electron chi connectivity index (χ2n) is 9.87. The number of amides is 2. The van der Waals surface area contributed by atoms with Gasteiger partial charge in [-0.15, -0.1) is 0 Å². The Kier molecular flexibility index (Phi) is 9.36. The Hall–Kier alpha value is -2.58. The Morgan fingerprint density at radius 2 is 1.66 bits per heavy atom. The number of benzene rings is 2. The van der Waals surface area contributed by atoms with Gasteiger partial charge in [-0.25, -0.2) is 8.42 Å². The van der Waals surface area contributed by atoms with Crippen LogP contribution in [0.5, 0.6) is 0 Å². The van der Waals surface area contributed by atoms with Crippen LogP contribution in [0.4, 0.5) is 5.69 Å². The average Bonchev–Trinajstić information content (AvgIpc) is 2.73. The van der Waals surface area contributed by atoms with Gasteiger partial charge in [-0.1, -0.05) is 54.4 Å². The zero-order valence-corrected chi connectivity index (χ0v) is 23.1. The highest BCUT2D eigenvalue weighted by Crippen LogP contribution is 2.27. The molecule has 1 atom stereocenters. The Balaban J connectivity index is 2.49. The molecule has 2 aromatic carbocycles. The van der Waals surface area contributed by atoms with E-state index in [-0.39, 0.29) is 12.5 Å². The summed E-state index contributed by atoms with van der Waals surface area (Å²) in [7, 11) is -3.82. The Morgan fingerprint density at radius 1 is 1.06 bits per heavy atom. The minimum atomic E-state index is -3.82. The first-order valence-electron chi connectivity index (χ1n) is 11.5. The number of carbonyl (C=O) groups excluding carboxylic acids is 2. The molecular weight excluding hydrogens is 486 g/mol. The molecule has 1 N–H and O–H groups in total. The SMILES string of the molecule is CC[C@@H](C(=O)NC(C)(C)C)N(Cc1ccc(C)cc1)C(=O)CN(c1cc(Cl)ccc1C)S(C)(=O)=O. The zero-order chi connectivity index (χ0) is 26.6. The van der Waals surface area contributed by atoms with E-state index in [1.54, 1.807) is 19.1 Å². The molecule has 0 unspecified atom stereocenters. The van der Waals surface area contributed by atoms with Gasteiger partial charge in [-0.05, 0) is 64.3 Å². The summed E-state index contributed by atoms with van der Waals surface area (Å²) in [5.74, 6) is -0.767. The molecule has 2 aromatic rings. The molecule has 0 radical (unpaired) electrons. The van der Waals surface area contributed by atoms with Gasteiger partial charge in [-0.2, -0.15) is 0 Å². The van der Waals surface area contributed by atoms with E-state index in [2.05, 4.69) is 5.32 Å². The standard InChI is InChI=1S/C26H36ClN3O4S/c1-8-22(25(32)28-26(4,5)6)29(16-20-12-9-18(2)10-13-20)24(31)17-30(35(7,33)34)23-15-21(27)14-11-19(23)3/h9-15,22H,8,16-17H2,1-7H3,(H,28,32)/t22-/m0/s1. The largest absolute Gasteiger partial charge is 0.350 e. The van der Waals surface area contributed by atoms with Crippen molar-refractivity contribution in [2.45, 2.75) is 66.1 Å². The average molecular weight is 522 g/mol. The summed E-state index contributed by atoms with van der Waals surface area (Å²) in [5, 5.41) is 3.31. The molecule has 2 rings (SSSR count). The topological polar surface area (TPSA) is 86.8 Å². The summed E-state index contributed by atoms with van der Waals surface area (Å²) in [6.07, 6.45) is 1.42. The predicted octanol–water partition coefficient (Wildman–Crippen LogP) is 4.44. The fourth-order valence-electron chi connectivity index (χ4n) is 3.71. The molecule has 9 heteroatoms. The summed E-state index contributed by atoms with van der Waals surface area (Å²) in [5.41, 5.74) is 2.42. The Morgan fingerprint density at radius 3 is 2.17 bits per heavy atom. The molecule has 0 heterocycles. The summed E-state index contributed by atoms with van der Waals surface area (Å²) in [6, 6.07) is 11.8. The molecule has 0 fully saturated rings. The van der Waals surface area contributed by atoms with E-state index < -0.39 is 34.1 Å². The minimum absolute atomic E-state index is 0.168. The summed E-state index contributed by atoms with van der Waals surface area (Å²) >= 11 is 6.14. The molecule has 2 amide bonds. The highest BCUT2D eigenvalue weighted by Gasteiger charge is 2.33. The Labute approximate surface area is 214 Å². The molecule has 0 aliphatic heterocycles. The van der Waals surface area contributed by atoms with Gasteiger partial charge in [0.1, 0.15) is 12.6 Å². The molecule has 0 aromatic heterocycles. The van der Waals surface area contributed by atoms with Gasteiger partial charge in [0.05, 0.1) is 11.9 Å². The van der Waals surface area contributed by atoms with Gasteiger partial charge in [0.25, 0.3) is 0 Å². The number of hydrogen-bond donors (Lipinski definition) is 1. The van der Waals surface area contributed by atoms with Crippen LogP contribution in [0, 0.1) is 13.8 Å². The van der Waals surface area contributed by atoms with Gasteiger partial charge < -0.3 is 10.2 Å². The van der Waals surface area contributed by atoms with Crippen molar-refractivity contribution in [3.05, 3.63) is 64.2 Å². The van der Waals surface area contributed by atoms with Crippen LogP contribution in [-0.2, 0) is 26.2 Å². The molecule has 0 aliphatic carbocycles. The van der Waals surface area contributed by atoms with Gasteiger partial charge in [0.15, 0.2) is 0 Å². The van der Waals surface area contributed by atoms with Crippen molar-refractivity contribution in [3.8, 4) is 0 Å². The lowest BCUT2D eigenvalue weighted by Gasteiger charge is -2.34. The van der Waals surface area contributed by atoms with E-state index >= 15 is 0 Å². The number of nitrogens with zero attached hydrogens (tertiary/aromatic N) is 2. The molecule has 35 heavy (non-hydrogen) atoms. The van der Waals surface area contributed by atoms with Crippen LogP contribution in [0.3, 0.4) is 0 Å². The third-order valence-corrected chi connectivity index (χ3v) is 6.84. The molecule has 0 saturated carbocycles. The first-order valence-corrected chi connectivity index (χ1v) is 13.8. The van der Waals surface area contributed by atoms with E-state index in [0.29, 0.717) is 22.7 Å². The second-order valence-corrected chi connectivity index (χ2v) is 12.2. The number of anilines is 1. The fraction of sp³-hybridized carbons (Fsp3) is 0.462. The lowest BCUT2D eigenvalue weighted by Crippen LogP contribution is -2.55. The van der Waals surface area contributed by atoms with E-state index in [0.717, 1.165) is 21.7 Å². The van der Waals surface area contributed by atoms with Crippen LogP contribution >= 0.6 is 11.6 Å². The van der Waals surface area contributed by atoms with Crippen molar-refractivity contribution in [2.24, 2.45) is 0 Å². The summed E-state index contributed by atoms with van der Waals surface area (Å²) in [4.78, 5) is 28.4. The van der Waals surface area contributed by atoms with Crippen LogP contribution in [0.2, 0.25) is 5.02 Å². The fourth-order valence-corrected chi connectivity index (χ4v) is 4.77. The number of halogens is 1. The van der Waals surface area contributed by atoms with Crippen molar-refractivity contribution < 1.29 is 18.0 Å². The van der Waals surface area contributed by atoms with E-state index in [4.69, 9.17) is 11.6 Å². The number of aryl methyl sites for hydroxylation is 2. The first kappa shape index (κ1) is 28.7. The highest BCUT2D eigenvalue weighted by molar-refractivity contribution is 7.92. The van der Waals surface area contributed by atoms with Crippen LogP contribution in [0.25, 0.3) is 0 Å². The van der Waals surface area contributed by atoms with Crippen LogP contribution in [0.15, 0.2) is 42.5 Å². The minimum Gasteiger partial charge on any atom is -0.350 e. The maximum atomic E-state index is 13.7. The molecule has 192 valence electrons. The molecular formula is C26H36ClN3O4S. The highest BCUT2D eigenvalue weighted by atomic mass is 35.5. The lowest BCUT2D eigenvalue weighted by atomic mass is 10.1. The predicted molar refractivity (Wildman–Crippen MR) is 142 cm³/mol. The molecule has 0 spiro atoms. The maximum Gasteiger partial charge on any atom is 0.244 e. The number of carbonyl (C=O) groups is 2. The van der Waals surface area contributed by atoms with Gasteiger partial charge in [-0.3, -0.25) is 13.9 Å². The second kappa shape index (κ2) is 11.4. The van der Waals surface area contributed by atoms with E-state index in [1.165, 1.54) is 11.0 Å². The maximum absolute atomic E-state index is 13.7. The molecule has 0 saturated heterocycles. The number of hydrogen-bond acceptors (Lipinski definition) is 4. The third-order valence-electron chi connectivity index (χ3n) is 5.48. The smallest absolute Gasteiger partial charge is 0.244 e. The van der Waals surface area contributed by atoms with Crippen molar-refractivity contribution >= 4 is 39.1 Å². The number of rotatable bonds is 9.